The van der Waals surface area contributed by atoms with Gasteiger partial charge < -0.3 is 33.6 Å². The summed E-state index contributed by atoms with van der Waals surface area (Å²) >= 11 is 0. The Morgan fingerprint density at radius 1 is 0.667 bits per heavy atom. The predicted octanol–water partition coefficient (Wildman–Crippen LogP) is 1.09. The zero-order chi connectivity index (χ0) is 40.5. The van der Waals surface area contributed by atoms with Gasteiger partial charge in [-0.3, -0.25) is 36.1 Å². The van der Waals surface area contributed by atoms with Crippen molar-refractivity contribution in [1.82, 2.24) is 26.6 Å². The molecule has 18 N–H and O–H groups in total. The molecule has 0 radical (unpaired) electrons. The Morgan fingerprint density at radius 2 is 1.09 bits per heavy atom. The summed E-state index contributed by atoms with van der Waals surface area (Å²) in [6.45, 7) is 7.89. The molecule has 2 amide bonds. The van der Waals surface area contributed by atoms with Crippen LogP contribution in [0.15, 0.2) is 56.8 Å². The maximum absolute atomic E-state index is 14.1. The van der Waals surface area contributed by atoms with Crippen molar-refractivity contribution in [3.8, 4) is 0 Å². The fraction of sp³-hybridized carbons (Fsp3) is 0.281. The lowest BCUT2D eigenvalue weighted by Gasteiger charge is -2.26. The SMILES string of the molecule is CC(=O)c1cc(NC(=O)N(CCCC(C)C=NNC(=N)N)C(=NNC(=N)N)Nc2cc(C(C)=NNC(=N)N)cc(C(C)=NNC(=N)N)c2)cc(C(C)=O)c1. The lowest BCUT2D eigenvalue weighted by Crippen LogP contribution is -2.46. The third-order valence-corrected chi connectivity index (χ3v) is 7.05. The van der Waals surface area contributed by atoms with E-state index in [4.69, 9.17) is 44.6 Å². The summed E-state index contributed by atoms with van der Waals surface area (Å²) < 4.78 is 0. The van der Waals surface area contributed by atoms with Crippen molar-refractivity contribution in [2.45, 2.75) is 47.5 Å². The van der Waals surface area contributed by atoms with Gasteiger partial charge in [0.05, 0.1) is 11.4 Å². The Balaban J connectivity index is 2.71. The maximum atomic E-state index is 14.1. The highest BCUT2D eigenvalue weighted by Gasteiger charge is 2.23. The van der Waals surface area contributed by atoms with Gasteiger partial charge in [-0.2, -0.15) is 15.3 Å². The molecular formula is C32H47N19O3. The molecule has 22 heteroatoms. The molecule has 288 valence electrons. The number of nitrogens with two attached hydrogens (primary N) is 4. The van der Waals surface area contributed by atoms with Crippen molar-refractivity contribution in [2.75, 3.05) is 17.2 Å². The predicted molar refractivity (Wildman–Crippen MR) is 211 cm³/mol. The summed E-state index contributed by atoms with van der Waals surface area (Å²) in [6.07, 6.45) is 2.45. The van der Waals surface area contributed by atoms with Crippen molar-refractivity contribution >= 4 is 76.4 Å². The third kappa shape index (κ3) is 14.8. The molecule has 0 fully saturated rings. The van der Waals surface area contributed by atoms with Crippen LogP contribution < -0.4 is 55.3 Å². The molecule has 0 aliphatic heterocycles. The van der Waals surface area contributed by atoms with E-state index >= 15 is 0 Å². The molecular weight excluding hydrogens is 698 g/mol. The minimum atomic E-state index is -0.732. The van der Waals surface area contributed by atoms with Crippen LogP contribution in [0.3, 0.4) is 0 Å². The number of hydrogen-bond acceptors (Lipinski definition) is 11. The van der Waals surface area contributed by atoms with Gasteiger partial charge >= 0.3 is 6.03 Å². The number of carbonyl (C=O) groups is 3. The minimum Gasteiger partial charge on any atom is -0.369 e. The third-order valence-electron chi connectivity index (χ3n) is 7.05. The molecule has 0 aromatic heterocycles. The van der Waals surface area contributed by atoms with Gasteiger partial charge in [0.15, 0.2) is 11.6 Å². The summed E-state index contributed by atoms with van der Waals surface area (Å²) in [5.41, 5.74) is 34.0. The monoisotopic (exact) mass is 745 g/mol. The number of Topliss-reactive ketones (excluding diaryl/α,β-unsaturated/α-hetero) is 2. The Morgan fingerprint density at radius 3 is 1.56 bits per heavy atom. The van der Waals surface area contributed by atoms with Crippen LogP contribution in [0, 0.1) is 27.6 Å². The maximum Gasteiger partial charge on any atom is 0.328 e. The number of nitrogens with one attached hydrogen (secondary N) is 10. The Bertz CT molecular complexity index is 1820. The summed E-state index contributed by atoms with van der Waals surface area (Å²) in [7, 11) is 0. The smallest absolute Gasteiger partial charge is 0.328 e. The number of guanidine groups is 5. The molecule has 0 heterocycles. The molecule has 1 unspecified atom stereocenters. The minimum absolute atomic E-state index is 0.0279. The van der Waals surface area contributed by atoms with Crippen molar-refractivity contribution < 1.29 is 14.4 Å². The zero-order valence-corrected chi connectivity index (χ0v) is 30.5. The number of urea groups is 1. The van der Waals surface area contributed by atoms with E-state index in [1.54, 1.807) is 38.3 Å². The summed E-state index contributed by atoms with van der Waals surface area (Å²) in [5.74, 6) is -2.53. The number of hydrogen-bond donors (Lipinski definition) is 14. The van der Waals surface area contributed by atoms with Crippen LogP contribution in [0.2, 0.25) is 0 Å². The molecule has 0 spiro atoms. The van der Waals surface area contributed by atoms with Crippen LogP contribution in [0.4, 0.5) is 16.2 Å². The highest BCUT2D eigenvalue weighted by Crippen LogP contribution is 2.20. The van der Waals surface area contributed by atoms with E-state index in [2.05, 4.69) is 52.7 Å². The van der Waals surface area contributed by atoms with Gasteiger partial charge in [-0.15, -0.1) is 5.10 Å². The van der Waals surface area contributed by atoms with Gasteiger partial charge in [-0.1, -0.05) is 6.92 Å². The van der Waals surface area contributed by atoms with Crippen LogP contribution in [0.1, 0.15) is 79.3 Å². The van der Waals surface area contributed by atoms with Gasteiger partial charge in [0.25, 0.3) is 0 Å². The molecule has 22 nitrogen and oxygen atoms in total. The van der Waals surface area contributed by atoms with E-state index in [1.807, 2.05) is 6.92 Å². The first-order valence-corrected chi connectivity index (χ1v) is 16.1. The number of benzene rings is 2. The number of carbonyl (C=O) groups excluding carboxylic acids is 3. The fourth-order valence-electron chi connectivity index (χ4n) is 4.41. The van der Waals surface area contributed by atoms with Crippen molar-refractivity contribution in [1.29, 1.82) is 21.6 Å². The number of anilines is 2. The van der Waals surface area contributed by atoms with Gasteiger partial charge in [0, 0.05) is 46.4 Å². The summed E-state index contributed by atoms with van der Waals surface area (Å²) in [5, 5.41) is 52.2. The summed E-state index contributed by atoms with van der Waals surface area (Å²) in [6, 6.07) is 8.62. The first-order chi connectivity index (χ1) is 25.4. The van der Waals surface area contributed by atoms with E-state index in [9.17, 15) is 14.4 Å². The standard InChI is InChI=1S/C32H47N19O3/c1-16(15-41-46-27(33)34)7-6-8-51(32(54)43-26-13-23(19(4)52)10-24(14-26)20(5)53)31(50-49-30(39)40)42-25-11-21(17(2)44-47-28(35)36)9-22(12-25)18(3)45-48-29(37)38/h9-16H,6-8H2,1-5H3,(H,42,50)(H,43,54)(H4,33,34,46)(H4,35,36,47)(H4,37,38,48)(H4,39,40,49). The summed E-state index contributed by atoms with van der Waals surface area (Å²) in [4.78, 5) is 39.9. The van der Waals surface area contributed by atoms with E-state index in [-0.39, 0.29) is 52.8 Å². The molecule has 0 aliphatic rings. The van der Waals surface area contributed by atoms with Crippen molar-refractivity contribution in [2.24, 2.45) is 49.3 Å². The van der Waals surface area contributed by atoms with E-state index < -0.39 is 23.9 Å². The number of amides is 2. The number of nitrogens with zero attached hydrogens (tertiary/aromatic N) is 5. The quantitative estimate of drug-likeness (QED) is 0.0527. The Labute approximate surface area is 311 Å². The lowest BCUT2D eigenvalue weighted by atomic mass is 10.0. The zero-order valence-electron chi connectivity index (χ0n) is 30.5. The molecule has 2 rings (SSSR count). The van der Waals surface area contributed by atoms with Crippen LogP contribution in [0.5, 0.6) is 0 Å². The van der Waals surface area contributed by atoms with Crippen molar-refractivity contribution in [3.63, 3.8) is 0 Å². The highest BCUT2D eigenvalue weighted by molar-refractivity contribution is 6.11. The van der Waals surface area contributed by atoms with Crippen LogP contribution in [-0.2, 0) is 0 Å². The Kier molecular flexibility index (Phi) is 16.2. The van der Waals surface area contributed by atoms with Gasteiger partial charge in [0.2, 0.25) is 29.8 Å². The van der Waals surface area contributed by atoms with E-state index in [0.29, 0.717) is 41.1 Å². The average molecular weight is 746 g/mol. The first kappa shape index (κ1) is 42.8. The number of rotatable bonds is 15. The molecule has 1 atom stereocenters. The van der Waals surface area contributed by atoms with Crippen molar-refractivity contribution in [3.05, 3.63) is 58.7 Å². The number of hydrazone groups is 4. The van der Waals surface area contributed by atoms with Crippen LogP contribution >= 0.6 is 0 Å². The normalized spacial score (nSPS) is 12.3. The second-order valence-electron chi connectivity index (χ2n) is 11.7. The molecule has 0 bridgehead atoms. The average Bonchev–Trinajstić information content (AvgIpc) is 3.09. The van der Waals surface area contributed by atoms with Crippen LogP contribution in [0.25, 0.3) is 0 Å². The van der Waals surface area contributed by atoms with Gasteiger partial charge in [-0.25, -0.2) is 26.5 Å². The molecule has 54 heavy (non-hydrogen) atoms. The second kappa shape index (κ2) is 20.5. The van der Waals surface area contributed by atoms with E-state index in [1.165, 1.54) is 36.9 Å². The first-order valence-electron chi connectivity index (χ1n) is 16.1. The fourth-order valence-corrected chi connectivity index (χ4v) is 4.41. The van der Waals surface area contributed by atoms with Crippen LogP contribution in [-0.4, -0.2) is 76.5 Å². The Hall–Kier alpha value is -7.39. The van der Waals surface area contributed by atoms with Gasteiger partial charge in [-0.05, 0) is 82.9 Å². The van der Waals surface area contributed by atoms with Gasteiger partial charge in [0.1, 0.15) is 0 Å². The molecule has 0 saturated heterocycles. The molecule has 0 saturated carbocycles. The number of ketones is 2. The highest BCUT2D eigenvalue weighted by atomic mass is 16.2. The second-order valence-corrected chi connectivity index (χ2v) is 11.7. The topological polar surface area (TPSA) is 376 Å². The molecule has 2 aromatic carbocycles. The molecule has 0 aliphatic carbocycles. The largest absolute Gasteiger partial charge is 0.369 e. The van der Waals surface area contributed by atoms with E-state index in [0.717, 1.165) is 0 Å². The molecule has 2 aromatic rings. The lowest BCUT2D eigenvalue weighted by molar-refractivity contribution is 0.101.